The van der Waals surface area contributed by atoms with Crippen LogP contribution in [0.15, 0.2) is 57.2 Å². The molecule has 0 spiro atoms. The second-order valence-electron chi connectivity index (χ2n) is 6.70. The predicted octanol–water partition coefficient (Wildman–Crippen LogP) is 3.36. The third-order valence-corrected chi connectivity index (χ3v) is 5.37. The first kappa shape index (κ1) is 16.8. The minimum atomic E-state index is -4.45. The van der Waals surface area contributed by atoms with Crippen molar-refractivity contribution >= 4 is 5.91 Å². The van der Waals surface area contributed by atoms with Gasteiger partial charge in [-0.2, -0.15) is 18.3 Å². The van der Waals surface area contributed by atoms with Gasteiger partial charge < -0.3 is 10.2 Å². The summed E-state index contributed by atoms with van der Waals surface area (Å²) >= 11 is 0. The Balaban J connectivity index is 1.97. The molecule has 0 saturated carbocycles. The largest absolute Gasteiger partial charge is 0.416 e. The van der Waals surface area contributed by atoms with Crippen molar-refractivity contribution in [2.45, 2.75) is 24.9 Å². The summed E-state index contributed by atoms with van der Waals surface area (Å²) < 4.78 is 39.9. The SMILES string of the molecule is CCC1(c2cccc(C(F)(F)F)c2)C2=C(N=NC2)NC2=C1C(=O)N(C)C2. The van der Waals surface area contributed by atoms with Crippen LogP contribution in [0.3, 0.4) is 0 Å². The van der Waals surface area contributed by atoms with Crippen LogP contribution in [0.5, 0.6) is 0 Å². The van der Waals surface area contributed by atoms with Crippen LogP contribution < -0.4 is 5.32 Å². The molecule has 0 fully saturated rings. The van der Waals surface area contributed by atoms with E-state index in [1.807, 2.05) is 6.92 Å². The van der Waals surface area contributed by atoms with Gasteiger partial charge in [-0.15, -0.1) is 5.11 Å². The third kappa shape index (κ3) is 2.14. The number of azo groups is 1. The van der Waals surface area contributed by atoms with Gasteiger partial charge in [-0.25, -0.2) is 0 Å². The lowest BCUT2D eigenvalue weighted by Crippen LogP contribution is -2.41. The molecule has 26 heavy (non-hydrogen) atoms. The lowest BCUT2D eigenvalue weighted by molar-refractivity contribution is -0.137. The fourth-order valence-electron chi connectivity index (χ4n) is 4.17. The fourth-order valence-corrected chi connectivity index (χ4v) is 4.17. The number of carbonyl (C=O) groups excluding carboxylic acids is 1. The van der Waals surface area contributed by atoms with E-state index in [2.05, 4.69) is 15.5 Å². The Morgan fingerprint density at radius 1 is 1.35 bits per heavy atom. The first-order valence-corrected chi connectivity index (χ1v) is 8.34. The smallest absolute Gasteiger partial charge is 0.340 e. The molecule has 3 heterocycles. The van der Waals surface area contributed by atoms with Crippen LogP contribution in [-0.4, -0.2) is 30.9 Å². The quantitative estimate of drug-likeness (QED) is 0.877. The number of alkyl halides is 3. The highest BCUT2D eigenvalue weighted by Gasteiger charge is 2.52. The number of nitrogens with zero attached hydrogens (tertiary/aromatic N) is 3. The molecule has 136 valence electrons. The molecule has 1 aromatic carbocycles. The van der Waals surface area contributed by atoms with Gasteiger partial charge in [0, 0.05) is 18.3 Å². The Morgan fingerprint density at radius 3 is 2.81 bits per heavy atom. The van der Waals surface area contributed by atoms with E-state index in [4.69, 9.17) is 0 Å². The topological polar surface area (TPSA) is 57.1 Å². The molecule has 0 bridgehead atoms. The summed E-state index contributed by atoms with van der Waals surface area (Å²) in [6.45, 7) is 2.52. The molecule has 0 aliphatic carbocycles. The Labute approximate surface area is 148 Å². The van der Waals surface area contributed by atoms with Crippen molar-refractivity contribution in [3.63, 3.8) is 0 Å². The normalized spacial score (nSPS) is 25.0. The average Bonchev–Trinajstić information content (AvgIpc) is 3.18. The van der Waals surface area contributed by atoms with Gasteiger partial charge in [0.05, 0.1) is 29.6 Å². The highest BCUT2D eigenvalue weighted by Crippen LogP contribution is 2.51. The summed E-state index contributed by atoms with van der Waals surface area (Å²) in [6, 6.07) is 5.24. The van der Waals surface area contributed by atoms with Crippen LogP contribution in [0, 0.1) is 0 Å². The van der Waals surface area contributed by atoms with Crippen LogP contribution in [0.2, 0.25) is 0 Å². The molecule has 3 aliphatic rings. The molecule has 1 atom stereocenters. The molecule has 1 unspecified atom stereocenters. The first-order valence-electron chi connectivity index (χ1n) is 8.34. The minimum Gasteiger partial charge on any atom is -0.340 e. The Hall–Kier alpha value is -2.64. The maximum atomic E-state index is 13.3. The average molecular weight is 362 g/mol. The summed E-state index contributed by atoms with van der Waals surface area (Å²) in [5.74, 6) is 0.372. The predicted molar refractivity (Wildman–Crippen MR) is 88.0 cm³/mol. The molecule has 8 heteroatoms. The van der Waals surface area contributed by atoms with Crippen molar-refractivity contribution in [3.05, 3.63) is 58.1 Å². The van der Waals surface area contributed by atoms with Gasteiger partial charge in [0.2, 0.25) is 0 Å². The summed E-state index contributed by atoms with van der Waals surface area (Å²) in [7, 11) is 1.68. The van der Waals surface area contributed by atoms with Gasteiger partial charge in [0.15, 0.2) is 5.82 Å². The van der Waals surface area contributed by atoms with Gasteiger partial charge >= 0.3 is 6.18 Å². The molecule has 4 rings (SSSR count). The first-order chi connectivity index (χ1) is 12.3. The molecule has 1 amide bonds. The Morgan fingerprint density at radius 2 is 2.12 bits per heavy atom. The van der Waals surface area contributed by atoms with E-state index in [0.717, 1.165) is 17.7 Å². The van der Waals surface area contributed by atoms with Crippen LogP contribution in [0.4, 0.5) is 13.2 Å². The van der Waals surface area contributed by atoms with Gasteiger partial charge in [0.1, 0.15) is 0 Å². The molecule has 0 aromatic heterocycles. The third-order valence-electron chi connectivity index (χ3n) is 5.37. The van der Waals surface area contributed by atoms with E-state index in [1.54, 1.807) is 18.0 Å². The number of hydrogen-bond acceptors (Lipinski definition) is 4. The number of amides is 1. The van der Waals surface area contributed by atoms with E-state index < -0.39 is 17.2 Å². The molecule has 3 aliphatic heterocycles. The zero-order valence-corrected chi connectivity index (χ0v) is 14.3. The van der Waals surface area contributed by atoms with Crippen molar-refractivity contribution in [1.29, 1.82) is 0 Å². The molecular formula is C18H17F3N4O. The summed E-state index contributed by atoms with van der Waals surface area (Å²) in [5.41, 5.74) is 0.720. The standard InChI is InChI=1S/C18H17F3N4O/c1-3-17(10-5-4-6-11(7-10)18(19,20)21)12-8-22-24-15(12)23-13-9-25(2)16(26)14(13)17/h4-7,23H,3,8-9H2,1-2H3. The van der Waals surface area contributed by atoms with E-state index >= 15 is 0 Å². The summed E-state index contributed by atoms with van der Waals surface area (Å²) in [4.78, 5) is 14.4. The molecule has 1 N–H and O–H groups in total. The summed E-state index contributed by atoms with van der Waals surface area (Å²) in [5, 5.41) is 11.3. The minimum absolute atomic E-state index is 0.176. The van der Waals surface area contributed by atoms with Gasteiger partial charge in [-0.3, -0.25) is 4.79 Å². The number of dihydropyridines is 1. The van der Waals surface area contributed by atoms with Crippen molar-refractivity contribution in [2.75, 3.05) is 20.1 Å². The van der Waals surface area contributed by atoms with E-state index in [9.17, 15) is 18.0 Å². The second kappa shape index (κ2) is 5.43. The van der Waals surface area contributed by atoms with Crippen molar-refractivity contribution in [2.24, 2.45) is 10.2 Å². The molecular weight excluding hydrogens is 345 g/mol. The molecule has 0 radical (unpaired) electrons. The molecule has 5 nitrogen and oxygen atoms in total. The lowest BCUT2D eigenvalue weighted by Gasteiger charge is -2.39. The van der Waals surface area contributed by atoms with Crippen molar-refractivity contribution in [1.82, 2.24) is 10.2 Å². The van der Waals surface area contributed by atoms with E-state index in [1.165, 1.54) is 6.07 Å². The number of hydrogen-bond donors (Lipinski definition) is 1. The Kier molecular flexibility index (Phi) is 3.51. The lowest BCUT2D eigenvalue weighted by atomic mass is 9.65. The molecule has 1 aromatic rings. The van der Waals surface area contributed by atoms with Crippen molar-refractivity contribution < 1.29 is 18.0 Å². The van der Waals surface area contributed by atoms with Crippen LogP contribution >= 0.6 is 0 Å². The monoisotopic (exact) mass is 362 g/mol. The van der Waals surface area contributed by atoms with Crippen molar-refractivity contribution in [3.8, 4) is 0 Å². The number of nitrogens with one attached hydrogen (secondary N) is 1. The number of rotatable bonds is 2. The van der Waals surface area contributed by atoms with Crippen LogP contribution in [0.25, 0.3) is 0 Å². The maximum Gasteiger partial charge on any atom is 0.416 e. The highest BCUT2D eigenvalue weighted by atomic mass is 19.4. The zero-order chi connectivity index (χ0) is 18.7. The van der Waals surface area contributed by atoms with Gasteiger partial charge in [0.25, 0.3) is 5.91 Å². The van der Waals surface area contributed by atoms with Crippen LogP contribution in [0.1, 0.15) is 24.5 Å². The Bertz CT molecular complexity index is 900. The number of benzene rings is 1. The van der Waals surface area contributed by atoms with E-state index in [-0.39, 0.29) is 12.5 Å². The van der Waals surface area contributed by atoms with Gasteiger partial charge in [-0.05, 0) is 18.1 Å². The number of carbonyl (C=O) groups is 1. The summed E-state index contributed by atoms with van der Waals surface area (Å²) in [6.07, 6.45) is -4.01. The number of halogens is 3. The fraction of sp³-hybridized carbons (Fsp3) is 0.389. The second-order valence-corrected chi connectivity index (χ2v) is 6.70. The van der Waals surface area contributed by atoms with Gasteiger partial charge in [-0.1, -0.05) is 25.1 Å². The van der Waals surface area contributed by atoms with E-state index in [0.29, 0.717) is 35.6 Å². The van der Waals surface area contributed by atoms with Crippen LogP contribution in [-0.2, 0) is 16.4 Å². The zero-order valence-electron chi connectivity index (χ0n) is 14.3. The maximum absolute atomic E-state index is 13.3. The highest BCUT2D eigenvalue weighted by molar-refractivity contribution is 6.01. The number of likely N-dealkylation sites (N-methyl/N-ethyl adjacent to an activating group) is 1. The molecule has 0 saturated heterocycles.